The van der Waals surface area contributed by atoms with Gasteiger partial charge in [0.1, 0.15) is 0 Å². The molecule has 2 nitrogen and oxygen atoms in total. The molecule has 0 radical (unpaired) electrons. The van der Waals surface area contributed by atoms with Gasteiger partial charge in [-0.25, -0.2) is 0 Å². The van der Waals surface area contributed by atoms with Gasteiger partial charge in [-0.15, -0.1) is 8.78 Å². The predicted molar refractivity (Wildman–Crippen MR) is 43.2 cm³/mol. The zero-order valence-corrected chi connectivity index (χ0v) is 10.4. The Morgan fingerprint density at radius 1 is 0.565 bits per heavy atom. The summed E-state index contributed by atoms with van der Waals surface area (Å²) >= 11 is -5.18. The number of nitrogens with one attached hydrogen (secondary N) is 1. The largest absolute Gasteiger partial charge is 0.591 e. The summed E-state index contributed by atoms with van der Waals surface area (Å²) in [5.41, 5.74) is 0. The minimum absolute atomic E-state index is 0.742. The van der Waals surface area contributed by atoms with Crippen molar-refractivity contribution in [2.45, 2.75) is 35.1 Å². The van der Waals surface area contributed by atoms with Crippen LogP contribution >= 0.6 is 0 Å². The normalized spacial score (nSPS) is 17.3. The van der Waals surface area contributed by atoms with Crippen LogP contribution in [0, 0.1) is 0 Å². The quantitative estimate of drug-likeness (QED) is 0.417. The van der Waals surface area contributed by atoms with E-state index in [0.717, 1.165) is 0 Å². The standard InChI is InChI=1S/C6HF14NOS/c7-1(8,3(11,12)5(15,16)17)2(9,10)4(13,14)6(18,19)23(22)21-20/h21H. The van der Waals surface area contributed by atoms with E-state index >= 15 is 0 Å². The Kier molecular flexibility index (Phi) is 5.50. The van der Waals surface area contributed by atoms with Gasteiger partial charge < -0.3 is 4.55 Å². The minimum atomic E-state index is -8.11. The Labute approximate surface area is 119 Å². The van der Waals surface area contributed by atoms with Crippen LogP contribution < -0.4 is 4.94 Å². The first-order chi connectivity index (χ1) is 9.73. The van der Waals surface area contributed by atoms with Crippen molar-refractivity contribution >= 4 is 11.4 Å². The maximum absolute atomic E-state index is 12.8. The second kappa shape index (κ2) is 5.68. The summed E-state index contributed by atoms with van der Waals surface area (Å²) in [6.45, 7) is 0. The lowest BCUT2D eigenvalue weighted by molar-refractivity contribution is -0.433. The highest BCUT2D eigenvalue weighted by Gasteiger charge is 2.93. The Hall–Kier alpha value is -0.710. The molecule has 1 unspecified atom stereocenters. The van der Waals surface area contributed by atoms with Gasteiger partial charge in [-0.2, -0.15) is 48.3 Å². The van der Waals surface area contributed by atoms with E-state index in [0.29, 0.717) is 0 Å². The number of hydrogen-bond acceptors (Lipinski definition) is 2. The van der Waals surface area contributed by atoms with Gasteiger partial charge in [0.25, 0.3) is 0 Å². The third kappa shape index (κ3) is 2.90. The topological polar surface area (TPSA) is 35.1 Å². The zero-order valence-electron chi connectivity index (χ0n) is 9.61. The molecule has 23 heavy (non-hydrogen) atoms. The number of hydrogen-bond donors (Lipinski definition) is 1. The Balaban J connectivity index is 6.25. The van der Waals surface area contributed by atoms with Crippen molar-refractivity contribution in [2.75, 3.05) is 0 Å². The van der Waals surface area contributed by atoms with E-state index in [9.17, 15) is 66.1 Å². The van der Waals surface area contributed by atoms with Crippen LogP contribution in [0.3, 0.4) is 0 Å². The smallest absolute Gasteiger partial charge is 0.499 e. The molecule has 0 aliphatic rings. The van der Waals surface area contributed by atoms with Crippen LogP contribution in [0.5, 0.6) is 0 Å². The van der Waals surface area contributed by atoms with Crippen molar-refractivity contribution in [3.05, 3.63) is 0 Å². The first-order valence-corrected chi connectivity index (χ1v) is 5.62. The lowest BCUT2D eigenvalue weighted by Crippen LogP contribution is -2.71. The van der Waals surface area contributed by atoms with E-state index in [2.05, 4.69) is 0 Å². The van der Waals surface area contributed by atoms with Crippen LogP contribution in [0.4, 0.5) is 61.6 Å². The summed E-state index contributed by atoms with van der Waals surface area (Å²) in [6, 6.07) is 0. The summed E-state index contributed by atoms with van der Waals surface area (Å²) in [5.74, 6) is -31.9. The van der Waals surface area contributed by atoms with E-state index in [-0.39, 0.29) is 0 Å². The summed E-state index contributed by atoms with van der Waals surface area (Å²) in [5, 5.41) is -6.99. The molecule has 0 saturated carbocycles. The Morgan fingerprint density at radius 2 is 0.870 bits per heavy atom. The SMILES string of the molecule is [O-][S+](NF)C(F)(F)C(F)(F)C(F)(F)C(F)(F)C(F)(F)C(F)(F)F. The van der Waals surface area contributed by atoms with E-state index in [1.54, 1.807) is 0 Å². The van der Waals surface area contributed by atoms with Crippen molar-refractivity contribution in [1.29, 1.82) is 0 Å². The molecule has 0 aliphatic heterocycles. The van der Waals surface area contributed by atoms with Crippen LogP contribution in [0.2, 0.25) is 0 Å². The highest BCUT2D eigenvalue weighted by Crippen LogP contribution is 2.60. The van der Waals surface area contributed by atoms with Gasteiger partial charge in [0.15, 0.2) is 11.4 Å². The third-order valence-electron chi connectivity index (χ3n) is 2.21. The summed E-state index contributed by atoms with van der Waals surface area (Å²) in [4.78, 5) is -0.742. The number of rotatable bonds is 6. The van der Waals surface area contributed by atoms with E-state index in [1.165, 1.54) is 0 Å². The van der Waals surface area contributed by atoms with Gasteiger partial charge in [0, 0.05) is 4.94 Å². The average Bonchev–Trinajstić information content (AvgIpc) is 2.35. The highest BCUT2D eigenvalue weighted by atomic mass is 32.2. The lowest BCUT2D eigenvalue weighted by Gasteiger charge is -2.38. The molecular weight excluding hydrogens is 400 g/mol. The van der Waals surface area contributed by atoms with Crippen LogP contribution in [0.15, 0.2) is 0 Å². The zero-order chi connectivity index (χ0) is 19.3. The third-order valence-corrected chi connectivity index (χ3v) is 3.07. The van der Waals surface area contributed by atoms with Gasteiger partial charge >= 0.3 is 35.1 Å². The molecule has 0 bridgehead atoms. The molecule has 1 N–H and O–H groups in total. The number of alkyl halides is 13. The molecule has 0 heterocycles. The predicted octanol–water partition coefficient (Wildman–Crippen LogP) is 3.82. The maximum atomic E-state index is 12.8. The van der Waals surface area contributed by atoms with E-state index in [1.807, 2.05) is 0 Å². The summed E-state index contributed by atoms with van der Waals surface area (Å²) in [7, 11) is 0. The van der Waals surface area contributed by atoms with Crippen molar-refractivity contribution in [1.82, 2.24) is 4.94 Å². The van der Waals surface area contributed by atoms with Crippen LogP contribution in [-0.4, -0.2) is 39.7 Å². The molecule has 0 aromatic heterocycles. The second-order valence-corrected chi connectivity index (χ2v) is 4.86. The van der Waals surface area contributed by atoms with Gasteiger partial charge in [0.2, 0.25) is 0 Å². The fourth-order valence-corrected chi connectivity index (χ4v) is 1.38. The average molecular weight is 401 g/mol. The van der Waals surface area contributed by atoms with Gasteiger partial charge in [0.05, 0.1) is 0 Å². The van der Waals surface area contributed by atoms with Gasteiger partial charge in [-0.3, -0.25) is 0 Å². The molecular formula is C6HF14NOS. The molecule has 17 heteroatoms. The molecule has 0 rings (SSSR count). The summed E-state index contributed by atoms with van der Waals surface area (Å²) < 4.78 is 183. The lowest BCUT2D eigenvalue weighted by atomic mass is 9.98. The Morgan fingerprint density at radius 3 is 1.13 bits per heavy atom. The monoisotopic (exact) mass is 401 g/mol. The van der Waals surface area contributed by atoms with Gasteiger partial charge in [-0.1, -0.05) is 4.48 Å². The van der Waals surface area contributed by atoms with Gasteiger partial charge in [-0.05, 0) is 0 Å². The molecule has 1 atom stereocenters. The first-order valence-electron chi connectivity index (χ1n) is 4.47. The molecule has 0 spiro atoms. The molecule has 0 fully saturated rings. The molecule has 0 aromatic carbocycles. The molecule has 140 valence electrons. The molecule has 0 aliphatic carbocycles. The maximum Gasteiger partial charge on any atom is 0.499 e. The number of halogens is 14. The fourth-order valence-electron chi connectivity index (χ4n) is 0.920. The van der Waals surface area contributed by atoms with E-state index in [4.69, 9.17) is 0 Å². The second-order valence-electron chi connectivity index (χ2n) is 3.66. The van der Waals surface area contributed by atoms with Crippen molar-refractivity contribution in [3.8, 4) is 0 Å². The van der Waals surface area contributed by atoms with Crippen LogP contribution in [0.25, 0.3) is 0 Å². The van der Waals surface area contributed by atoms with Crippen molar-refractivity contribution < 1.29 is 66.1 Å². The minimum Gasteiger partial charge on any atom is -0.591 e. The highest BCUT2D eigenvalue weighted by molar-refractivity contribution is 7.90. The van der Waals surface area contributed by atoms with E-state index < -0.39 is 51.4 Å². The van der Waals surface area contributed by atoms with Crippen LogP contribution in [-0.2, 0) is 11.4 Å². The summed E-state index contributed by atoms with van der Waals surface area (Å²) in [6.07, 6.45) is -7.54. The molecule has 0 amide bonds. The molecule has 0 saturated heterocycles. The Bertz CT molecular complexity index is 431. The van der Waals surface area contributed by atoms with Crippen molar-refractivity contribution in [3.63, 3.8) is 0 Å². The fraction of sp³-hybridized carbons (Fsp3) is 1.00. The molecule has 0 aromatic rings. The first kappa shape index (κ1) is 22.3. The van der Waals surface area contributed by atoms with Crippen molar-refractivity contribution in [2.24, 2.45) is 0 Å². The van der Waals surface area contributed by atoms with Crippen LogP contribution in [0.1, 0.15) is 0 Å².